The molecule has 0 amide bonds. The molecule has 67 valence electrons. The van der Waals surface area contributed by atoms with Gasteiger partial charge in [-0.15, -0.1) is 0 Å². The second-order valence-electron chi connectivity index (χ2n) is 2.90. The zero-order valence-corrected chi connectivity index (χ0v) is 7.08. The van der Waals surface area contributed by atoms with Crippen molar-refractivity contribution < 1.29 is 14.6 Å². The van der Waals surface area contributed by atoms with Crippen LogP contribution in [-0.2, 0) is 16.1 Å². The number of hydrogen-bond donors (Lipinski definition) is 0. The Bertz CT molecular complexity index is 320. The lowest BCUT2D eigenvalue weighted by Gasteiger charge is -2.05. The van der Waals surface area contributed by atoms with E-state index >= 15 is 0 Å². The zero-order valence-electron chi connectivity index (χ0n) is 7.08. The van der Waals surface area contributed by atoms with Crippen molar-refractivity contribution in [2.24, 2.45) is 0 Å². The monoisotopic (exact) mass is 177 g/mol. The Kier molecular flexibility index (Phi) is 2.27. The first-order valence-corrected chi connectivity index (χ1v) is 4.21. The fraction of sp³-hybridized carbons (Fsp3) is 0.300. The molecule has 1 aliphatic heterocycles. The molecule has 0 spiro atoms. The number of fused-ring (bicyclic) bond motifs is 1. The largest absolute Gasteiger partial charge is 0.336 e. The maximum atomic E-state index is 10.5. The normalized spacial score (nSPS) is 15.4. The first-order valence-electron chi connectivity index (χ1n) is 4.21. The molecular formula is C10H9O3. The average molecular weight is 177 g/mol. The van der Waals surface area contributed by atoms with Gasteiger partial charge in [0.2, 0.25) is 6.29 Å². The predicted molar refractivity (Wildman–Crippen MR) is 46.1 cm³/mol. The molecule has 0 aliphatic carbocycles. The maximum absolute atomic E-state index is 10.5. The minimum Gasteiger partial charge on any atom is -0.336 e. The minimum atomic E-state index is 0.430. The average Bonchev–Trinajstić information content (AvgIpc) is 2.41. The highest BCUT2D eigenvalue weighted by molar-refractivity contribution is 5.80. The third kappa shape index (κ3) is 1.55. The lowest BCUT2D eigenvalue weighted by atomic mass is 10.1. The van der Waals surface area contributed by atoms with Crippen LogP contribution in [0, 0.1) is 0 Å². The maximum Gasteiger partial charge on any atom is 0.237 e. The van der Waals surface area contributed by atoms with Gasteiger partial charge >= 0.3 is 0 Å². The van der Waals surface area contributed by atoms with Crippen molar-refractivity contribution in [2.75, 3.05) is 6.61 Å². The summed E-state index contributed by atoms with van der Waals surface area (Å²) in [6.45, 7) is 0.562. The first kappa shape index (κ1) is 8.26. The fourth-order valence-electron chi connectivity index (χ4n) is 1.38. The highest BCUT2D eigenvalue weighted by Gasteiger charge is 2.13. The van der Waals surface area contributed by atoms with Crippen LogP contribution in [0.25, 0.3) is 0 Å². The van der Waals surface area contributed by atoms with Crippen molar-refractivity contribution in [3.8, 4) is 5.75 Å². The molecule has 0 N–H and O–H groups in total. The standard InChI is InChI=1S/C10H9O3/c11-7-9-4-1-3-8-5-2-6-12-13-10(8)9/h1,3-4H,2,5-6H2. The highest BCUT2D eigenvalue weighted by atomic mass is 17.2. The molecule has 1 radical (unpaired) electrons. The Hall–Kier alpha value is -1.35. The lowest BCUT2D eigenvalue weighted by molar-refractivity contribution is -0.203. The Morgan fingerprint density at radius 2 is 2.31 bits per heavy atom. The summed E-state index contributed by atoms with van der Waals surface area (Å²) in [7, 11) is 0. The predicted octanol–water partition coefficient (Wildman–Crippen LogP) is 1.40. The van der Waals surface area contributed by atoms with E-state index in [9.17, 15) is 4.79 Å². The van der Waals surface area contributed by atoms with Gasteiger partial charge in [0.05, 0.1) is 12.2 Å². The molecule has 0 unspecified atom stereocenters. The molecule has 2 rings (SSSR count). The molecular weight excluding hydrogens is 168 g/mol. The van der Waals surface area contributed by atoms with E-state index in [0.717, 1.165) is 18.4 Å². The Morgan fingerprint density at radius 1 is 1.38 bits per heavy atom. The molecule has 0 saturated carbocycles. The van der Waals surface area contributed by atoms with Crippen LogP contribution in [0.4, 0.5) is 0 Å². The number of benzene rings is 1. The third-order valence-electron chi connectivity index (χ3n) is 2.02. The smallest absolute Gasteiger partial charge is 0.237 e. The van der Waals surface area contributed by atoms with Gasteiger partial charge in [-0.1, -0.05) is 12.1 Å². The summed E-state index contributed by atoms with van der Waals surface area (Å²) in [4.78, 5) is 20.4. The van der Waals surface area contributed by atoms with E-state index in [4.69, 9.17) is 9.78 Å². The number of hydrogen-bond acceptors (Lipinski definition) is 3. The summed E-state index contributed by atoms with van der Waals surface area (Å²) in [6, 6.07) is 5.43. The number of aryl methyl sites for hydroxylation is 1. The molecule has 0 fully saturated rings. The molecule has 0 aromatic heterocycles. The molecule has 1 heterocycles. The highest BCUT2D eigenvalue weighted by Crippen LogP contribution is 2.26. The summed E-state index contributed by atoms with van der Waals surface area (Å²) in [5, 5.41) is 0. The van der Waals surface area contributed by atoms with Gasteiger partial charge in [-0.3, -0.25) is 4.79 Å². The molecule has 3 nitrogen and oxygen atoms in total. The van der Waals surface area contributed by atoms with Crippen LogP contribution in [0.3, 0.4) is 0 Å². The number of para-hydroxylation sites is 1. The van der Waals surface area contributed by atoms with E-state index in [1.54, 1.807) is 6.07 Å². The summed E-state index contributed by atoms with van der Waals surface area (Å²) >= 11 is 0. The van der Waals surface area contributed by atoms with Crippen molar-refractivity contribution in [3.05, 3.63) is 29.3 Å². The second-order valence-corrected chi connectivity index (χ2v) is 2.90. The van der Waals surface area contributed by atoms with E-state index < -0.39 is 0 Å². The van der Waals surface area contributed by atoms with Crippen LogP contribution in [0.5, 0.6) is 5.75 Å². The van der Waals surface area contributed by atoms with Crippen LogP contribution < -0.4 is 4.89 Å². The summed E-state index contributed by atoms with van der Waals surface area (Å²) in [5.41, 5.74) is 1.44. The SMILES string of the molecule is O=[C]c1cccc2c1OOCCC2. The quantitative estimate of drug-likeness (QED) is 0.608. The molecule has 1 aromatic rings. The van der Waals surface area contributed by atoms with E-state index in [1.165, 1.54) is 0 Å². The summed E-state index contributed by atoms with van der Waals surface area (Å²) in [5.74, 6) is 0.523. The van der Waals surface area contributed by atoms with Gasteiger partial charge in [0.1, 0.15) is 0 Å². The van der Waals surface area contributed by atoms with Crippen molar-refractivity contribution in [2.45, 2.75) is 12.8 Å². The molecule has 13 heavy (non-hydrogen) atoms. The molecule has 1 aromatic carbocycles. The van der Waals surface area contributed by atoms with Crippen LogP contribution in [0.1, 0.15) is 17.5 Å². The third-order valence-corrected chi connectivity index (χ3v) is 2.02. The van der Waals surface area contributed by atoms with E-state index in [0.29, 0.717) is 17.9 Å². The van der Waals surface area contributed by atoms with E-state index in [2.05, 4.69) is 0 Å². The Labute approximate surface area is 76.2 Å². The molecule has 3 heteroatoms. The zero-order chi connectivity index (χ0) is 9.10. The van der Waals surface area contributed by atoms with E-state index in [-0.39, 0.29) is 0 Å². The fourth-order valence-corrected chi connectivity index (χ4v) is 1.38. The molecule has 0 atom stereocenters. The van der Waals surface area contributed by atoms with Crippen molar-refractivity contribution in [1.29, 1.82) is 0 Å². The first-order chi connectivity index (χ1) is 6.42. The number of carbonyl (C=O) groups excluding carboxylic acids is 1. The van der Waals surface area contributed by atoms with Gasteiger partial charge < -0.3 is 4.89 Å². The topological polar surface area (TPSA) is 35.5 Å². The molecule has 0 bridgehead atoms. The van der Waals surface area contributed by atoms with Gasteiger partial charge in [-0.25, -0.2) is 0 Å². The van der Waals surface area contributed by atoms with Crippen LogP contribution >= 0.6 is 0 Å². The van der Waals surface area contributed by atoms with Crippen LogP contribution in [0.2, 0.25) is 0 Å². The molecule has 0 saturated heterocycles. The summed E-state index contributed by atoms with van der Waals surface area (Å²) < 4.78 is 0. The summed E-state index contributed by atoms with van der Waals surface area (Å²) in [6.07, 6.45) is 3.62. The second kappa shape index (κ2) is 3.58. The Balaban J connectivity index is 2.45. The lowest BCUT2D eigenvalue weighted by Crippen LogP contribution is -1.98. The van der Waals surface area contributed by atoms with Gasteiger partial charge in [-0.2, -0.15) is 4.89 Å². The van der Waals surface area contributed by atoms with Crippen molar-refractivity contribution in [3.63, 3.8) is 0 Å². The van der Waals surface area contributed by atoms with Crippen LogP contribution in [0.15, 0.2) is 18.2 Å². The molecule has 1 aliphatic rings. The van der Waals surface area contributed by atoms with Gasteiger partial charge in [0.15, 0.2) is 5.75 Å². The van der Waals surface area contributed by atoms with Crippen molar-refractivity contribution >= 4 is 6.29 Å². The minimum absolute atomic E-state index is 0.430. The van der Waals surface area contributed by atoms with Gasteiger partial charge in [0, 0.05) is 0 Å². The van der Waals surface area contributed by atoms with Gasteiger partial charge in [-0.05, 0) is 24.5 Å². The van der Waals surface area contributed by atoms with Crippen LogP contribution in [-0.4, -0.2) is 12.9 Å². The van der Waals surface area contributed by atoms with E-state index in [1.807, 2.05) is 18.4 Å². The van der Waals surface area contributed by atoms with Crippen molar-refractivity contribution in [1.82, 2.24) is 0 Å². The number of rotatable bonds is 1. The Morgan fingerprint density at radius 3 is 3.15 bits per heavy atom. The van der Waals surface area contributed by atoms with Gasteiger partial charge in [0.25, 0.3) is 0 Å².